The molecule has 112 valence electrons. The molecule has 1 unspecified atom stereocenters. The fourth-order valence-electron chi connectivity index (χ4n) is 1.35. The van der Waals surface area contributed by atoms with Crippen molar-refractivity contribution in [1.82, 2.24) is 10.6 Å². The predicted molar refractivity (Wildman–Crippen MR) is 74.1 cm³/mol. The van der Waals surface area contributed by atoms with Crippen LogP contribution in [0.15, 0.2) is 24.3 Å². The van der Waals surface area contributed by atoms with Crippen LogP contribution in [0.3, 0.4) is 0 Å². The van der Waals surface area contributed by atoms with Gasteiger partial charge in [-0.3, -0.25) is 0 Å². The average Bonchev–Trinajstić information content (AvgIpc) is 2.42. The van der Waals surface area contributed by atoms with E-state index in [4.69, 9.17) is 4.74 Å². The van der Waals surface area contributed by atoms with Gasteiger partial charge in [0.05, 0.1) is 0 Å². The van der Waals surface area contributed by atoms with E-state index in [0.29, 0.717) is 18.2 Å². The third-order valence-corrected chi connectivity index (χ3v) is 2.43. The van der Waals surface area contributed by atoms with Gasteiger partial charge in [0.15, 0.2) is 0 Å². The first kappa shape index (κ1) is 16.2. The molecule has 0 saturated carbocycles. The second-order valence-electron chi connectivity index (χ2n) is 4.90. The van der Waals surface area contributed by atoms with Crippen LogP contribution in [0.25, 0.3) is 0 Å². The number of amides is 2. The fraction of sp³-hybridized carbons (Fsp3) is 0.500. The van der Waals surface area contributed by atoms with Gasteiger partial charge in [-0.2, -0.15) is 0 Å². The Kier molecular flexibility index (Phi) is 6.79. The molecule has 0 radical (unpaired) electrons. The van der Waals surface area contributed by atoms with Gasteiger partial charge in [0.2, 0.25) is 0 Å². The van der Waals surface area contributed by atoms with E-state index in [2.05, 4.69) is 10.6 Å². The van der Waals surface area contributed by atoms with Gasteiger partial charge in [0.1, 0.15) is 24.3 Å². The summed E-state index contributed by atoms with van der Waals surface area (Å²) in [6.07, 6.45) is -0.829. The summed E-state index contributed by atoms with van der Waals surface area (Å²) in [6, 6.07) is 5.19. The number of rotatable bonds is 7. The maximum Gasteiger partial charge on any atom is 0.314 e. The molecule has 6 heteroatoms. The highest BCUT2D eigenvalue weighted by molar-refractivity contribution is 5.73. The minimum absolute atomic E-state index is 0.0239. The van der Waals surface area contributed by atoms with Crippen LogP contribution in [0, 0.1) is 11.7 Å². The van der Waals surface area contributed by atoms with Crippen LogP contribution in [0.2, 0.25) is 0 Å². The topological polar surface area (TPSA) is 70.6 Å². The summed E-state index contributed by atoms with van der Waals surface area (Å²) < 4.78 is 17.9. The van der Waals surface area contributed by atoms with Crippen LogP contribution in [0.5, 0.6) is 5.75 Å². The van der Waals surface area contributed by atoms with E-state index in [1.165, 1.54) is 24.3 Å². The lowest BCUT2D eigenvalue weighted by Crippen LogP contribution is -2.42. The molecule has 0 heterocycles. The van der Waals surface area contributed by atoms with Gasteiger partial charge in [0, 0.05) is 13.1 Å². The summed E-state index contributed by atoms with van der Waals surface area (Å²) in [4.78, 5) is 11.3. The number of hydrogen-bond acceptors (Lipinski definition) is 3. The van der Waals surface area contributed by atoms with Crippen LogP contribution in [0.4, 0.5) is 9.18 Å². The Morgan fingerprint density at radius 3 is 2.45 bits per heavy atom. The Morgan fingerprint density at radius 2 is 1.85 bits per heavy atom. The van der Waals surface area contributed by atoms with Crippen LogP contribution in [-0.4, -0.2) is 36.9 Å². The van der Waals surface area contributed by atoms with E-state index in [9.17, 15) is 14.3 Å². The standard InChI is InChI=1S/C14H21FN2O3/c1-10(2)7-16-14(19)17-8-12(18)9-20-13-5-3-11(15)4-6-13/h3-6,10,12,18H,7-9H2,1-2H3,(H2,16,17,19). The second-order valence-corrected chi connectivity index (χ2v) is 4.90. The molecule has 1 aromatic rings. The molecule has 1 rings (SSSR count). The Hall–Kier alpha value is -1.82. The zero-order chi connectivity index (χ0) is 15.0. The summed E-state index contributed by atoms with van der Waals surface area (Å²) in [6.45, 7) is 4.67. The van der Waals surface area contributed by atoms with Crippen molar-refractivity contribution in [2.45, 2.75) is 20.0 Å². The number of carbonyl (C=O) groups is 1. The molecule has 20 heavy (non-hydrogen) atoms. The number of ether oxygens (including phenoxy) is 1. The van der Waals surface area contributed by atoms with Gasteiger partial charge in [-0.05, 0) is 30.2 Å². The zero-order valence-corrected chi connectivity index (χ0v) is 11.7. The molecular weight excluding hydrogens is 263 g/mol. The summed E-state index contributed by atoms with van der Waals surface area (Å²) in [5, 5.41) is 14.9. The smallest absolute Gasteiger partial charge is 0.314 e. The summed E-state index contributed by atoms with van der Waals surface area (Å²) >= 11 is 0. The molecule has 0 bridgehead atoms. The van der Waals surface area contributed by atoms with Crippen molar-refractivity contribution in [2.75, 3.05) is 19.7 Å². The molecule has 1 aromatic carbocycles. The molecule has 3 N–H and O–H groups in total. The lowest BCUT2D eigenvalue weighted by molar-refractivity contribution is 0.107. The molecule has 0 aliphatic rings. The van der Waals surface area contributed by atoms with Crippen molar-refractivity contribution >= 4 is 6.03 Å². The molecule has 0 fully saturated rings. The average molecular weight is 284 g/mol. The fourth-order valence-corrected chi connectivity index (χ4v) is 1.35. The van der Waals surface area contributed by atoms with Crippen LogP contribution >= 0.6 is 0 Å². The van der Waals surface area contributed by atoms with Crippen LogP contribution in [0.1, 0.15) is 13.8 Å². The van der Waals surface area contributed by atoms with Crippen molar-refractivity contribution in [3.05, 3.63) is 30.1 Å². The number of aliphatic hydroxyl groups excluding tert-OH is 1. The number of benzene rings is 1. The maximum absolute atomic E-state index is 12.7. The lowest BCUT2D eigenvalue weighted by atomic mass is 10.2. The largest absolute Gasteiger partial charge is 0.491 e. The van der Waals surface area contributed by atoms with Gasteiger partial charge in [-0.25, -0.2) is 9.18 Å². The highest BCUT2D eigenvalue weighted by atomic mass is 19.1. The van der Waals surface area contributed by atoms with Crippen molar-refractivity contribution in [1.29, 1.82) is 0 Å². The number of hydrogen-bond donors (Lipinski definition) is 3. The Bertz CT molecular complexity index is 409. The van der Waals surface area contributed by atoms with E-state index in [1.54, 1.807) is 0 Å². The molecule has 0 aliphatic heterocycles. The first-order chi connectivity index (χ1) is 9.47. The molecule has 1 atom stereocenters. The van der Waals surface area contributed by atoms with E-state index < -0.39 is 6.10 Å². The molecule has 0 aliphatic carbocycles. The molecular formula is C14H21FN2O3. The van der Waals surface area contributed by atoms with Crippen LogP contribution in [-0.2, 0) is 0 Å². The Morgan fingerprint density at radius 1 is 1.25 bits per heavy atom. The first-order valence-electron chi connectivity index (χ1n) is 6.55. The van der Waals surface area contributed by atoms with E-state index in [-0.39, 0.29) is 25.0 Å². The highest BCUT2D eigenvalue weighted by Gasteiger charge is 2.08. The number of carbonyl (C=O) groups excluding carboxylic acids is 1. The summed E-state index contributed by atoms with van der Waals surface area (Å²) in [7, 11) is 0. The van der Waals surface area contributed by atoms with Crippen LogP contribution < -0.4 is 15.4 Å². The van der Waals surface area contributed by atoms with Crippen molar-refractivity contribution in [3.8, 4) is 5.75 Å². The Balaban J connectivity index is 2.18. The van der Waals surface area contributed by atoms with E-state index >= 15 is 0 Å². The first-order valence-corrected chi connectivity index (χ1v) is 6.55. The normalized spacial score (nSPS) is 12.1. The molecule has 0 aromatic heterocycles. The maximum atomic E-state index is 12.7. The van der Waals surface area contributed by atoms with E-state index in [1.807, 2.05) is 13.8 Å². The third kappa shape index (κ3) is 6.94. The summed E-state index contributed by atoms with van der Waals surface area (Å²) in [5.74, 6) is 0.489. The SMILES string of the molecule is CC(C)CNC(=O)NCC(O)COc1ccc(F)cc1. The molecule has 5 nitrogen and oxygen atoms in total. The number of urea groups is 1. The zero-order valence-electron chi connectivity index (χ0n) is 11.7. The number of aliphatic hydroxyl groups is 1. The number of nitrogens with one attached hydrogen (secondary N) is 2. The second kappa shape index (κ2) is 8.37. The molecule has 2 amide bonds. The van der Waals surface area contributed by atoms with Gasteiger partial charge in [-0.15, -0.1) is 0 Å². The van der Waals surface area contributed by atoms with Crippen molar-refractivity contribution in [3.63, 3.8) is 0 Å². The minimum Gasteiger partial charge on any atom is -0.491 e. The van der Waals surface area contributed by atoms with Gasteiger partial charge >= 0.3 is 6.03 Å². The van der Waals surface area contributed by atoms with Gasteiger partial charge in [0.25, 0.3) is 0 Å². The lowest BCUT2D eigenvalue weighted by Gasteiger charge is -2.14. The minimum atomic E-state index is -0.829. The highest BCUT2D eigenvalue weighted by Crippen LogP contribution is 2.11. The number of halogens is 1. The summed E-state index contributed by atoms with van der Waals surface area (Å²) in [5.41, 5.74) is 0. The Labute approximate surface area is 118 Å². The third-order valence-electron chi connectivity index (χ3n) is 2.43. The van der Waals surface area contributed by atoms with E-state index in [0.717, 1.165) is 0 Å². The van der Waals surface area contributed by atoms with Crippen molar-refractivity contribution < 1.29 is 19.0 Å². The molecule has 0 saturated heterocycles. The predicted octanol–water partition coefficient (Wildman–Crippen LogP) is 1.52. The van der Waals surface area contributed by atoms with Gasteiger partial charge < -0.3 is 20.5 Å². The quantitative estimate of drug-likeness (QED) is 0.711. The van der Waals surface area contributed by atoms with Gasteiger partial charge in [-0.1, -0.05) is 13.8 Å². The molecule has 0 spiro atoms. The van der Waals surface area contributed by atoms with Crippen molar-refractivity contribution in [2.24, 2.45) is 5.92 Å². The monoisotopic (exact) mass is 284 g/mol.